The van der Waals surface area contributed by atoms with Crippen LogP contribution in [0.15, 0.2) is 18.2 Å². The summed E-state index contributed by atoms with van der Waals surface area (Å²) in [4.78, 5) is 17.3. The van der Waals surface area contributed by atoms with Crippen molar-refractivity contribution in [1.82, 2.24) is 9.88 Å². The van der Waals surface area contributed by atoms with Crippen LogP contribution in [0.3, 0.4) is 0 Å². The molecule has 2 aromatic rings. The number of primary amides is 1. The number of aromatic amines is 1. The first-order valence-corrected chi connectivity index (χ1v) is 6.87. The third kappa shape index (κ3) is 1.47. The van der Waals surface area contributed by atoms with E-state index in [0.717, 1.165) is 41.1 Å². The molecular formula is C14H14ClN3O. The molecule has 2 aliphatic rings. The molecule has 0 spiro atoms. The van der Waals surface area contributed by atoms with Crippen molar-refractivity contribution in [2.45, 2.75) is 18.4 Å². The number of nitrogens with two attached hydrogens (primary N) is 1. The van der Waals surface area contributed by atoms with Crippen molar-refractivity contribution in [3.8, 4) is 0 Å². The topological polar surface area (TPSA) is 62.1 Å². The van der Waals surface area contributed by atoms with E-state index in [0.29, 0.717) is 5.92 Å². The number of H-pyrrole nitrogens is 1. The zero-order valence-electron chi connectivity index (χ0n) is 10.3. The fourth-order valence-electron chi connectivity index (χ4n) is 3.62. The Morgan fingerprint density at radius 2 is 2.32 bits per heavy atom. The molecule has 19 heavy (non-hydrogen) atoms. The van der Waals surface area contributed by atoms with Crippen molar-refractivity contribution >= 4 is 28.4 Å². The van der Waals surface area contributed by atoms with Crippen LogP contribution in [-0.4, -0.2) is 28.9 Å². The smallest absolute Gasteiger partial charge is 0.240 e. The number of nitrogens with one attached hydrogen (secondary N) is 1. The largest absolute Gasteiger partial charge is 0.368 e. The van der Waals surface area contributed by atoms with Gasteiger partial charge in [-0.05, 0) is 36.7 Å². The van der Waals surface area contributed by atoms with Crippen molar-refractivity contribution in [2.24, 2.45) is 5.73 Å². The molecule has 3 heterocycles. The predicted molar refractivity (Wildman–Crippen MR) is 74.2 cm³/mol. The number of aromatic nitrogens is 1. The quantitative estimate of drug-likeness (QED) is 0.838. The minimum Gasteiger partial charge on any atom is -0.368 e. The molecule has 1 aromatic carbocycles. The molecule has 4 rings (SSSR count). The molecule has 0 radical (unpaired) electrons. The Balaban J connectivity index is 2.03. The number of carbonyl (C=O) groups is 1. The van der Waals surface area contributed by atoms with Gasteiger partial charge in [0.05, 0.1) is 0 Å². The molecule has 5 heteroatoms. The van der Waals surface area contributed by atoms with E-state index in [1.54, 1.807) is 0 Å². The van der Waals surface area contributed by atoms with Crippen LogP contribution in [-0.2, 0) is 4.79 Å². The predicted octanol–water partition coefficient (Wildman–Crippen LogP) is 2.15. The monoisotopic (exact) mass is 275 g/mol. The van der Waals surface area contributed by atoms with Crippen LogP contribution in [0.4, 0.5) is 0 Å². The van der Waals surface area contributed by atoms with E-state index in [9.17, 15) is 4.79 Å². The van der Waals surface area contributed by atoms with Gasteiger partial charge in [0.1, 0.15) is 6.04 Å². The van der Waals surface area contributed by atoms with Crippen LogP contribution < -0.4 is 5.73 Å². The van der Waals surface area contributed by atoms with Gasteiger partial charge in [-0.15, -0.1) is 0 Å². The van der Waals surface area contributed by atoms with Crippen LogP contribution in [0.2, 0.25) is 5.02 Å². The molecular weight excluding hydrogens is 262 g/mol. The summed E-state index contributed by atoms with van der Waals surface area (Å²) >= 11 is 6.10. The number of nitrogens with zero attached hydrogens (tertiary/aromatic N) is 1. The lowest BCUT2D eigenvalue weighted by molar-refractivity contribution is -0.123. The van der Waals surface area contributed by atoms with Crippen LogP contribution in [0.25, 0.3) is 10.9 Å². The molecule has 2 aliphatic heterocycles. The first-order chi connectivity index (χ1) is 9.15. The maximum Gasteiger partial charge on any atom is 0.240 e. The first kappa shape index (κ1) is 11.3. The summed E-state index contributed by atoms with van der Waals surface area (Å²) < 4.78 is 0. The second kappa shape index (κ2) is 3.74. The molecule has 4 nitrogen and oxygen atoms in total. The molecule has 1 amide bonds. The number of hydrogen-bond acceptors (Lipinski definition) is 2. The molecule has 3 N–H and O–H groups in total. The average Bonchev–Trinajstić information content (AvgIpc) is 2.92. The fraction of sp³-hybridized carbons (Fsp3) is 0.357. The van der Waals surface area contributed by atoms with Crippen LogP contribution in [0, 0.1) is 0 Å². The maximum atomic E-state index is 11.8. The van der Waals surface area contributed by atoms with E-state index in [1.807, 2.05) is 18.2 Å². The number of fused-ring (bicyclic) bond motifs is 6. The summed E-state index contributed by atoms with van der Waals surface area (Å²) in [6.07, 6.45) is 1.08. The number of hydrogen-bond donors (Lipinski definition) is 2. The second-order valence-electron chi connectivity index (χ2n) is 5.43. The highest BCUT2D eigenvalue weighted by molar-refractivity contribution is 6.31. The SMILES string of the molecule is NC(=O)C1c2[nH]c3ccc(Cl)cc3c2C2CCN1C2. The number of carbonyl (C=O) groups excluding carboxylic acids is 1. The van der Waals surface area contributed by atoms with E-state index in [2.05, 4.69) is 9.88 Å². The van der Waals surface area contributed by atoms with Gasteiger partial charge in [0.15, 0.2) is 0 Å². The highest BCUT2D eigenvalue weighted by Gasteiger charge is 2.42. The Bertz CT molecular complexity index is 693. The zero-order valence-corrected chi connectivity index (χ0v) is 11.1. The van der Waals surface area contributed by atoms with Crippen LogP contribution in [0.5, 0.6) is 0 Å². The standard InChI is InChI=1S/C14H14ClN3O/c15-8-1-2-10-9(5-8)11-7-3-4-18(6-7)13(14(16)19)12(11)17-10/h1-2,5,7,13,17H,3-4,6H2,(H2,16,19). The lowest BCUT2D eigenvalue weighted by atomic mass is 9.90. The lowest BCUT2D eigenvalue weighted by Crippen LogP contribution is -2.39. The molecule has 1 aromatic heterocycles. The second-order valence-corrected chi connectivity index (χ2v) is 5.86. The van der Waals surface area contributed by atoms with Crippen molar-refractivity contribution < 1.29 is 4.79 Å². The Hall–Kier alpha value is -1.52. The normalized spacial score (nSPS) is 28.6. The molecule has 0 aliphatic carbocycles. The van der Waals surface area contributed by atoms with E-state index in [1.165, 1.54) is 5.56 Å². The Labute approximate surface area is 115 Å². The van der Waals surface area contributed by atoms with Gasteiger partial charge in [-0.3, -0.25) is 9.69 Å². The van der Waals surface area contributed by atoms with Gasteiger partial charge in [-0.25, -0.2) is 0 Å². The Morgan fingerprint density at radius 3 is 3.11 bits per heavy atom. The first-order valence-electron chi connectivity index (χ1n) is 6.49. The van der Waals surface area contributed by atoms with Crippen molar-refractivity contribution in [2.75, 3.05) is 13.1 Å². The summed E-state index contributed by atoms with van der Waals surface area (Å²) in [7, 11) is 0. The Kier molecular flexibility index (Phi) is 2.23. The van der Waals surface area contributed by atoms with Gasteiger partial charge in [0.2, 0.25) is 5.91 Å². The molecule has 3 unspecified atom stereocenters. The average molecular weight is 276 g/mol. The van der Waals surface area contributed by atoms with E-state index < -0.39 is 0 Å². The van der Waals surface area contributed by atoms with Gasteiger partial charge in [0.25, 0.3) is 0 Å². The number of amides is 1. The van der Waals surface area contributed by atoms with E-state index in [4.69, 9.17) is 17.3 Å². The lowest BCUT2D eigenvalue weighted by Gasteiger charge is -2.30. The van der Waals surface area contributed by atoms with Gasteiger partial charge in [-0.2, -0.15) is 0 Å². The molecule has 1 fully saturated rings. The van der Waals surface area contributed by atoms with Gasteiger partial charge < -0.3 is 10.7 Å². The summed E-state index contributed by atoms with van der Waals surface area (Å²) in [5.41, 5.74) is 8.84. The Morgan fingerprint density at radius 1 is 1.47 bits per heavy atom. The number of halogens is 1. The third-order valence-corrected chi connectivity index (χ3v) is 4.60. The van der Waals surface area contributed by atoms with Crippen molar-refractivity contribution in [1.29, 1.82) is 0 Å². The maximum absolute atomic E-state index is 11.8. The minimum absolute atomic E-state index is 0.278. The van der Waals surface area contributed by atoms with Gasteiger partial charge in [0, 0.05) is 34.1 Å². The van der Waals surface area contributed by atoms with Gasteiger partial charge in [-0.1, -0.05) is 11.6 Å². The summed E-state index contributed by atoms with van der Waals surface area (Å²) in [5.74, 6) is 0.206. The fourth-order valence-corrected chi connectivity index (χ4v) is 3.80. The summed E-state index contributed by atoms with van der Waals surface area (Å²) in [6, 6.07) is 5.50. The summed E-state index contributed by atoms with van der Waals surface area (Å²) in [6.45, 7) is 1.85. The molecule has 0 saturated carbocycles. The minimum atomic E-state index is -0.320. The number of rotatable bonds is 1. The molecule has 3 atom stereocenters. The van der Waals surface area contributed by atoms with Crippen LogP contribution >= 0.6 is 11.6 Å². The van der Waals surface area contributed by atoms with Crippen molar-refractivity contribution in [3.05, 3.63) is 34.5 Å². The highest BCUT2D eigenvalue weighted by Crippen LogP contribution is 2.45. The number of benzene rings is 1. The van der Waals surface area contributed by atoms with Crippen LogP contribution in [0.1, 0.15) is 29.6 Å². The van der Waals surface area contributed by atoms with E-state index >= 15 is 0 Å². The summed E-state index contributed by atoms with van der Waals surface area (Å²) in [5, 5.41) is 1.87. The third-order valence-electron chi connectivity index (χ3n) is 4.37. The molecule has 1 saturated heterocycles. The molecule has 98 valence electrons. The van der Waals surface area contributed by atoms with Crippen molar-refractivity contribution in [3.63, 3.8) is 0 Å². The van der Waals surface area contributed by atoms with E-state index in [-0.39, 0.29) is 11.9 Å². The highest BCUT2D eigenvalue weighted by atomic mass is 35.5. The van der Waals surface area contributed by atoms with Gasteiger partial charge >= 0.3 is 0 Å². The zero-order chi connectivity index (χ0) is 13.1. The molecule has 2 bridgehead atoms.